The molecule has 2 N–H and O–H groups in total. The molecule has 0 radical (unpaired) electrons. The molecule has 3 atom stereocenters. The van der Waals surface area contributed by atoms with Crippen LogP contribution in [0, 0.1) is 0 Å². The number of nitrogens with one attached hydrogen (secondary N) is 1. The molecule has 0 spiro atoms. The van der Waals surface area contributed by atoms with Crippen LogP contribution in [0.4, 0.5) is 0 Å². The predicted octanol–water partition coefficient (Wildman–Crippen LogP) is 4.88. The van der Waals surface area contributed by atoms with Gasteiger partial charge in [-0.3, -0.25) is 19.2 Å². The summed E-state index contributed by atoms with van der Waals surface area (Å²) in [6, 6.07) is 24.9. The molecule has 3 amide bonds. The Balaban J connectivity index is 1.23. The van der Waals surface area contributed by atoms with Crippen molar-refractivity contribution in [2.45, 2.75) is 57.2 Å². The Kier molecular flexibility index (Phi) is 7.91. The van der Waals surface area contributed by atoms with Crippen LogP contribution < -0.4 is 5.32 Å². The van der Waals surface area contributed by atoms with Gasteiger partial charge < -0.3 is 20.2 Å². The number of aromatic hydroxyl groups is 1. The van der Waals surface area contributed by atoms with E-state index in [0.29, 0.717) is 24.1 Å². The van der Waals surface area contributed by atoms with E-state index in [-0.39, 0.29) is 41.7 Å². The van der Waals surface area contributed by atoms with Crippen molar-refractivity contribution in [1.82, 2.24) is 15.1 Å². The van der Waals surface area contributed by atoms with Crippen LogP contribution in [-0.4, -0.2) is 69.6 Å². The summed E-state index contributed by atoms with van der Waals surface area (Å²) in [7, 11) is 0. The summed E-state index contributed by atoms with van der Waals surface area (Å²) < 4.78 is 0. The smallest absolute Gasteiger partial charge is 0.254 e. The van der Waals surface area contributed by atoms with Crippen molar-refractivity contribution in [1.29, 1.82) is 0 Å². The van der Waals surface area contributed by atoms with Crippen LogP contribution in [0.15, 0.2) is 91.0 Å². The summed E-state index contributed by atoms with van der Waals surface area (Å²) in [5, 5.41) is 14.6. The number of phenols is 1. The molecule has 0 bridgehead atoms. The first-order chi connectivity index (χ1) is 21.5. The first-order valence-electron chi connectivity index (χ1n) is 15.3. The molecule has 4 aromatic carbocycles. The summed E-state index contributed by atoms with van der Waals surface area (Å²) in [5.41, 5.74) is 2.69. The third-order valence-corrected chi connectivity index (χ3v) is 8.96. The highest BCUT2D eigenvalue weighted by atomic mass is 16.3. The topological polar surface area (TPSA) is 107 Å². The molecule has 2 fully saturated rings. The number of amides is 3. The predicted molar refractivity (Wildman–Crippen MR) is 172 cm³/mol. The molecule has 6 rings (SSSR count). The van der Waals surface area contributed by atoms with Gasteiger partial charge in [0, 0.05) is 24.1 Å². The van der Waals surface area contributed by atoms with Crippen LogP contribution in [0.3, 0.4) is 0 Å². The standard InChI is InChI=1S/C37H37N3O5/c1-37(2,3)28-14-12-25(13-15-28)34(43)38-30(20-23-8-16-29(41)17-9-23)36(45)39-19-18-31-33(39)32(42)22-40(31)35(44)27-11-10-24-6-4-5-7-26(24)21-27/h4-17,21,30-31,33,41H,18-20,22H2,1-3H3,(H,38,43)/t30-,31+,33-/m0/s1. The minimum Gasteiger partial charge on any atom is -0.508 e. The number of phenolic OH excluding ortho intramolecular Hbond substituents is 1. The van der Waals surface area contributed by atoms with Crippen LogP contribution in [0.5, 0.6) is 5.75 Å². The highest BCUT2D eigenvalue weighted by Crippen LogP contribution is 2.32. The lowest BCUT2D eigenvalue weighted by molar-refractivity contribution is -0.138. The van der Waals surface area contributed by atoms with Crippen LogP contribution in [0.25, 0.3) is 10.8 Å². The summed E-state index contributed by atoms with van der Waals surface area (Å²) >= 11 is 0. The third-order valence-electron chi connectivity index (χ3n) is 8.96. The Morgan fingerprint density at radius 1 is 0.867 bits per heavy atom. The molecule has 0 aromatic heterocycles. The van der Waals surface area contributed by atoms with Crippen LogP contribution in [-0.2, 0) is 21.4 Å². The number of likely N-dealkylation sites (tertiary alicyclic amines) is 2. The molecule has 0 saturated carbocycles. The normalized spacial score (nSPS) is 18.6. The van der Waals surface area contributed by atoms with Crippen LogP contribution >= 0.6 is 0 Å². The van der Waals surface area contributed by atoms with E-state index in [1.807, 2.05) is 48.5 Å². The van der Waals surface area contributed by atoms with Crippen molar-refractivity contribution < 1.29 is 24.3 Å². The van der Waals surface area contributed by atoms with Crippen LogP contribution in [0.2, 0.25) is 0 Å². The molecule has 45 heavy (non-hydrogen) atoms. The zero-order valence-electron chi connectivity index (χ0n) is 25.7. The number of nitrogens with zero attached hydrogens (tertiary/aromatic N) is 2. The van der Waals surface area contributed by atoms with E-state index >= 15 is 0 Å². The minimum atomic E-state index is -0.957. The largest absolute Gasteiger partial charge is 0.508 e. The number of fused-ring (bicyclic) bond motifs is 2. The number of Topliss-reactive ketones (excluding diaryl/α,β-unsaturated/α-hetero) is 1. The number of hydrogen-bond donors (Lipinski definition) is 2. The first-order valence-corrected chi connectivity index (χ1v) is 15.3. The van der Waals surface area contributed by atoms with E-state index in [4.69, 9.17) is 0 Å². The molecular weight excluding hydrogens is 566 g/mol. The molecular formula is C37H37N3O5. The number of carbonyl (C=O) groups excluding carboxylic acids is 4. The molecule has 2 heterocycles. The Labute approximate surface area is 262 Å². The van der Waals surface area contributed by atoms with Crippen molar-refractivity contribution in [3.63, 3.8) is 0 Å². The maximum Gasteiger partial charge on any atom is 0.254 e. The Hall–Kier alpha value is -4.98. The van der Waals surface area contributed by atoms with Crippen LogP contribution in [0.1, 0.15) is 59.0 Å². The van der Waals surface area contributed by atoms with Gasteiger partial charge in [0.15, 0.2) is 5.78 Å². The second kappa shape index (κ2) is 11.8. The fraction of sp³-hybridized carbons (Fsp3) is 0.297. The van der Waals surface area contributed by atoms with Gasteiger partial charge in [-0.15, -0.1) is 0 Å². The van der Waals surface area contributed by atoms with Gasteiger partial charge >= 0.3 is 0 Å². The van der Waals surface area contributed by atoms with Gasteiger partial charge in [0.1, 0.15) is 17.8 Å². The van der Waals surface area contributed by atoms with Crippen molar-refractivity contribution in [3.05, 3.63) is 113 Å². The highest BCUT2D eigenvalue weighted by Gasteiger charge is 2.52. The minimum absolute atomic E-state index is 0.0696. The second-order valence-corrected chi connectivity index (χ2v) is 13.0. The van der Waals surface area contributed by atoms with Gasteiger partial charge in [-0.25, -0.2) is 0 Å². The Bertz CT molecular complexity index is 1770. The second-order valence-electron chi connectivity index (χ2n) is 13.0. The first kappa shape index (κ1) is 30.1. The number of hydrogen-bond acceptors (Lipinski definition) is 5. The Morgan fingerprint density at radius 3 is 2.22 bits per heavy atom. The van der Waals surface area contributed by atoms with E-state index in [0.717, 1.165) is 21.9 Å². The average Bonchev–Trinajstić information content (AvgIpc) is 3.61. The number of carbonyl (C=O) groups is 4. The van der Waals surface area contributed by atoms with E-state index in [1.165, 1.54) is 17.0 Å². The molecule has 230 valence electrons. The Morgan fingerprint density at radius 2 is 1.53 bits per heavy atom. The van der Waals surface area contributed by atoms with E-state index in [9.17, 15) is 24.3 Å². The SMILES string of the molecule is CC(C)(C)c1ccc(C(=O)N[C@@H](Cc2ccc(O)cc2)C(=O)N2CC[C@@H]3[C@H]2C(=O)CN3C(=O)c2ccc3ccccc3c2)cc1. The number of rotatable bonds is 6. The lowest BCUT2D eigenvalue weighted by Crippen LogP contribution is -2.53. The number of benzene rings is 4. The molecule has 4 aromatic rings. The lowest BCUT2D eigenvalue weighted by Gasteiger charge is -2.28. The van der Waals surface area contributed by atoms with Gasteiger partial charge in [0.2, 0.25) is 5.91 Å². The molecule has 0 aliphatic carbocycles. The van der Waals surface area contributed by atoms with Crippen molar-refractivity contribution in [2.24, 2.45) is 0 Å². The van der Waals surface area contributed by atoms with E-state index in [1.54, 1.807) is 35.2 Å². The molecule has 8 nitrogen and oxygen atoms in total. The number of ketones is 1. The average molecular weight is 604 g/mol. The van der Waals surface area contributed by atoms with Crippen molar-refractivity contribution >= 4 is 34.3 Å². The fourth-order valence-electron chi connectivity index (χ4n) is 6.46. The highest BCUT2D eigenvalue weighted by molar-refractivity contribution is 6.05. The van der Waals surface area contributed by atoms with Crippen molar-refractivity contribution in [2.75, 3.05) is 13.1 Å². The van der Waals surface area contributed by atoms with Gasteiger partial charge in [-0.2, -0.15) is 0 Å². The maximum absolute atomic E-state index is 14.2. The lowest BCUT2D eigenvalue weighted by atomic mass is 9.86. The van der Waals surface area contributed by atoms with Gasteiger partial charge in [0.05, 0.1) is 12.6 Å². The van der Waals surface area contributed by atoms with Gasteiger partial charge in [0.25, 0.3) is 11.8 Å². The molecule has 2 aliphatic heterocycles. The monoisotopic (exact) mass is 603 g/mol. The van der Waals surface area contributed by atoms with Gasteiger partial charge in [-0.05, 0) is 70.1 Å². The molecule has 0 unspecified atom stereocenters. The molecule has 2 saturated heterocycles. The quantitative estimate of drug-likeness (QED) is 0.327. The summed E-state index contributed by atoms with van der Waals surface area (Å²) in [4.78, 5) is 57.7. The summed E-state index contributed by atoms with van der Waals surface area (Å²) in [6.45, 7) is 6.51. The van der Waals surface area contributed by atoms with Crippen molar-refractivity contribution in [3.8, 4) is 5.75 Å². The molecule has 2 aliphatic rings. The third kappa shape index (κ3) is 6.05. The van der Waals surface area contributed by atoms with E-state index in [2.05, 4.69) is 26.1 Å². The zero-order valence-corrected chi connectivity index (χ0v) is 25.7. The fourth-order valence-corrected chi connectivity index (χ4v) is 6.46. The summed E-state index contributed by atoms with van der Waals surface area (Å²) in [6.07, 6.45) is 0.641. The zero-order chi connectivity index (χ0) is 31.9. The van der Waals surface area contributed by atoms with Gasteiger partial charge in [-0.1, -0.05) is 75.4 Å². The van der Waals surface area contributed by atoms with E-state index < -0.39 is 24.0 Å². The maximum atomic E-state index is 14.2. The molecule has 8 heteroatoms. The summed E-state index contributed by atoms with van der Waals surface area (Å²) in [5.74, 6) is -1.09.